The molecule has 1 aromatic rings. The molecular formula is C15H23N5O2. The van der Waals surface area contributed by atoms with Crippen molar-refractivity contribution in [3.05, 3.63) is 12.4 Å². The third-order valence-electron chi connectivity index (χ3n) is 4.21. The Labute approximate surface area is 130 Å². The molecule has 1 saturated heterocycles. The van der Waals surface area contributed by atoms with Gasteiger partial charge < -0.3 is 20.6 Å². The van der Waals surface area contributed by atoms with Crippen molar-refractivity contribution in [3.8, 4) is 0 Å². The first-order valence-electron chi connectivity index (χ1n) is 7.99. The van der Waals surface area contributed by atoms with Gasteiger partial charge in [0.2, 0.25) is 5.91 Å². The fourth-order valence-corrected chi connectivity index (χ4v) is 2.79. The molecule has 0 spiro atoms. The predicted octanol–water partition coefficient (Wildman–Crippen LogP) is 0.376. The second-order valence-corrected chi connectivity index (χ2v) is 5.93. The highest BCUT2D eigenvalue weighted by Crippen LogP contribution is 2.28. The second kappa shape index (κ2) is 6.91. The zero-order valence-electron chi connectivity index (χ0n) is 12.7. The summed E-state index contributed by atoms with van der Waals surface area (Å²) < 4.78 is 0. The zero-order chi connectivity index (χ0) is 15.4. The van der Waals surface area contributed by atoms with Gasteiger partial charge in [-0.2, -0.15) is 0 Å². The predicted molar refractivity (Wildman–Crippen MR) is 83.7 cm³/mol. The molecular weight excluding hydrogens is 282 g/mol. The fourth-order valence-electron chi connectivity index (χ4n) is 2.79. The lowest BCUT2D eigenvalue weighted by atomic mass is 10.2. The van der Waals surface area contributed by atoms with Gasteiger partial charge in [0.1, 0.15) is 18.0 Å². The van der Waals surface area contributed by atoms with Gasteiger partial charge in [-0.3, -0.25) is 4.79 Å². The smallest absolute Gasteiger partial charge is 0.223 e. The summed E-state index contributed by atoms with van der Waals surface area (Å²) in [6.45, 7) is 2.30. The number of amides is 1. The summed E-state index contributed by atoms with van der Waals surface area (Å²) in [6, 6.07) is 2.05. The molecule has 2 fully saturated rings. The average Bonchev–Trinajstić information content (AvgIpc) is 3.29. The van der Waals surface area contributed by atoms with Gasteiger partial charge in [0.15, 0.2) is 0 Å². The molecule has 3 rings (SSSR count). The summed E-state index contributed by atoms with van der Waals surface area (Å²) >= 11 is 0. The summed E-state index contributed by atoms with van der Waals surface area (Å²) in [5.41, 5.74) is 0. The summed E-state index contributed by atoms with van der Waals surface area (Å²) in [6.07, 6.45) is 5.65. The van der Waals surface area contributed by atoms with Crippen LogP contribution in [0.4, 0.5) is 11.6 Å². The molecule has 7 heteroatoms. The highest BCUT2D eigenvalue weighted by Gasteiger charge is 2.29. The molecule has 120 valence electrons. The van der Waals surface area contributed by atoms with Crippen LogP contribution in [0.5, 0.6) is 0 Å². The first kappa shape index (κ1) is 15.0. The molecule has 1 unspecified atom stereocenters. The molecule has 22 heavy (non-hydrogen) atoms. The Morgan fingerprint density at radius 1 is 1.32 bits per heavy atom. The van der Waals surface area contributed by atoms with Crippen molar-refractivity contribution in [1.29, 1.82) is 0 Å². The van der Waals surface area contributed by atoms with Crippen molar-refractivity contribution in [2.24, 2.45) is 5.92 Å². The summed E-state index contributed by atoms with van der Waals surface area (Å²) in [7, 11) is 0. The number of rotatable bonds is 7. The van der Waals surface area contributed by atoms with Crippen LogP contribution in [0.2, 0.25) is 0 Å². The molecule has 1 atom stereocenters. The Morgan fingerprint density at radius 2 is 2.18 bits per heavy atom. The summed E-state index contributed by atoms with van der Waals surface area (Å²) in [5, 5.41) is 15.5. The first-order valence-corrected chi connectivity index (χ1v) is 7.99. The SMILES string of the molecule is O=C(NCCNc1cc(N2CCCC2CO)ncn1)C1CC1. The van der Waals surface area contributed by atoms with E-state index < -0.39 is 0 Å². The van der Waals surface area contributed by atoms with Crippen LogP contribution in [-0.2, 0) is 4.79 Å². The van der Waals surface area contributed by atoms with E-state index in [0.29, 0.717) is 13.1 Å². The highest BCUT2D eigenvalue weighted by atomic mass is 16.3. The van der Waals surface area contributed by atoms with Crippen LogP contribution >= 0.6 is 0 Å². The molecule has 1 aliphatic heterocycles. The third kappa shape index (κ3) is 3.65. The van der Waals surface area contributed by atoms with E-state index in [1.54, 1.807) is 0 Å². The van der Waals surface area contributed by atoms with E-state index in [-0.39, 0.29) is 24.5 Å². The van der Waals surface area contributed by atoms with Gasteiger partial charge in [0.05, 0.1) is 12.6 Å². The molecule has 3 N–H and O–H groups in total. The van der Waals surface area contributed by atoms with Gasteiger partial charge in [-0.15, -0.1) is 0 Å². The molecule has 2 heterocycles. The molecule has 0 radical (unpaired) electrons. The van der Waals surface area contributed by atoms with Crippen LogP contribution in [0.1, 0.15) is 25.7 Å². The summed E-state index contributed by atoms with van der Waals surface area (Å²) in [5.74, 6) is 1.99. The number of aromatic nitrogens is 2. The molecule has 1 aromatic heterocycles. The van der Waals surface area contributed by atoms with Crippen molar-refractivity contribution < 1.29 is 9.90 Å². The maximum atomic E-state index is 11.5. The molecule has 2 aliphatic rings. The van der Waals surface area contributed by atoms with Crippen LogP contribution in [-0.4, -0.2) is 53.3 Å². The Kier molecular flexibility index (Phi) is 4.72. The van der Waals surface area contributed by atoms with Crippen LogP contribution in [0.3, 0.4) is 0 Å². The van der Waals surface area contributed by atoms with Gasteiger partial charge in [-0.05, 0) is 25.7 Å². The van der Waals surface area contributed by atoms with Gasteiger partial charge in [0.25, 0.3) is 0 Å². The topological polar surface area (TPSA) is 90.4 Å². The van der Waals surface area contributed by atoms with Gasteiger partial charge in [0, 0.05) is 31.6 Å². The Bertz CT molecular complexity index is 520. The monoisotopic (exact) mass is 305 g/mol. The van der Waals surface area contributed by atoms with E-state index in [1.807, 2.05) is 6.07 Å². The standard InChI is InChI=1S/C15H23N5O2/c21-9-12-2-1-7-20(12)14-8-13(18-10-19-14)16-5-6-17-15(22)11-3-4-11/h8,10-12,21H,1-7,9H2,(H,17,22)(H,16,18,19). The number of nitrogens with zero attached hydrogens (tertiary/aromatic N) is 3. The van der Waals surface area contributed by atoms with E-state index in [9.17, 15) is 9.90 Å². The number of nitrogens with one attached hydrogen (secondary N) is 2. The number of carbonyl (C=O) groups excluding carboxylic acids is 1. The van der Waals surface area contributed by atoms with Crippen molar-refractivity contribution in [3.63, 3.8) is 0 Å². The number of aliphatic hydroxyl groups excluding tert-OH is 1. The third-order valence-corrected chi connectivity index (χ3v) is 4.21. The maximum Gasteiger partial charge on any atom is 0.223 e. The molecule has 7 nitrogen and oxygen atoms in total. The van der Waals surface area contributed by atoms with E-state index in [1.165, 1.54) is 6.33 Å². The fraction of sp³-hybridized carbons (Fsp3) is 0.667. The van der Waals surface area contributed by atoms with E-state index in [4.69, 9.17) is 0 Å². The van der Waals surface area contributed by atoms with E-state index >= 15 is 0 Å². The van der Waals surface area contributed by atoms with Crippen LogP contribution in [0.15, 0.2) is 12.4 Å². The van der Waals surface area contributed by atoms with Crippen molar-refractivity contribution >= 4 is 17.5 Å². The van der Waals surface area contributed by atoms with Gasteiger partial charge in [-0.25, -0.2) is 9.97 Å². The number of anilines is 2. The first-order chi connectivity index (χ1) is 10.8. The molecule has 1 amide bonds. The van der Waals surface area contributed by atoms with Crippen LogP contribution < -0.4 is 15.5 Å². The molecule has 1 aliphatic carbocycles. The van der Waals surface area contributed by atoms with Gasteiger partial charge >= 0.3 is 0 Å². The highest BCUT2D eigenvalue weighted by molar-refractivity contribution is 5.80. The maximum absolute atomic E-state index is 11.5. The second-order valence-electron chi connectivity index (χ2n) is 5.93. The normalized spacial score (nSPS) is 21.0. The van der Waals surface area contributed by atoms with E-state index in [2.05, 4.69) is 25.5 Å². The van der Waals surface area contributed by atoms with Crippen molar-refractivity contribution in [1.82, 2.24) is 15.3 Å². The zero-order valence-corrected chi connectivity index (χ0v) is 12.7. The Hall–Kier alpha value is -1.89. The average molecular weight is 305 g/mol. The minimum Gasteiger partial charge on any atom is -0.394 e. The van der Waals surface area contributed by atoms with Gasteiger partial charge in [-0.1, -0.05) is 0 Å². The number of hydrogen-bond acceptors (Lipinski definition) is 6. The van der Waals surface area contributed by atoms with Crippen molar-refractivity contribution in [2.45, 2.75) is 31.7 Å². The Balaban J connectivity index is 1.49. The summed E-state index contributed by atoms with van der Waals surface area (Å²) in [4.78, 5) is 22.1. The largest absolute Gasteiger partial charge is 0.394 e. The number of carbonyl (C=O) groups is 1. The van der Waals surface area contributed by atoms with Crippen molar-refractivity contribution in [2.75, 3.05) is 36.5 Å². The lowest BCUT2D eigenvalue weighted by Crippen LogP contribution is -2.33. The number of aliphatic hydroxyl groups is 1. The molecule has 1 saturated carbocycles. The van der Waals surface area contributed by atoms with Crippen LogP contribution in [0.25, 0.3) is 0 Å². The lowest BCUT2D eigenvalue weighted by molar-refractivity contribution is -0.122. The molecule has 0 bridgehead atoms. The quantitative estimate of drug-likeness (QED) is 0.631. The minimum absolute atomic E-state index is 0.153. The van der Waals surface area contributed by atoms with Crippen LogP contribution in [0, 0.1) is 5.92 Å². The number of hydrogen-bond donors (Lipinski definition) is 3. The lowest BCUT2D eigenvalue weighted by Gasteiger charge is -2.24. The minimum atomic E-state index is 0.153. The molecule has 0 aromatic carbocycles. The van der Waals surface area contributed by atoms with E-state index in [0.717, 1.165) is 43.9 Å². The Morgan fingerprint density at radius 3 is 2.95 bits per heavy atom.